The lowest BCUT2D eigenvalue weighted by molar-refractivity contribution is -0.136. The lowest BCUT2D eigenvalue weighted by Gasteiger charge is -2.09. The highest BCUT2D eigenvalue weighted by Crippen LogP contribution is 2.40. The minimum absolute atomic E-state index is 0.0972. The Balaban J connectivity index is 2.26. The topological polar surface area (TPSA) is 112 Å². The number of phenols is 1. The van der Waals surface area contributed by atoms with Gasteiger partial charge in [-0.2, -0.15) is 0 Å². The van der Waals surface area contributed by atoms with Gasteiger partial charge in [0.25, 0.3) is 0 Å². The molecular formula is C17H16ClN3O3. The van der Waals surface area contributed by atoms with E-state index in [1.54, 1.807) is 12.1 Å². The summed E-state index contributed by atoms with van der Waals surface area (Å²) in [5, 5.41) is 19.5. The van der Waals surface area contributed by atoms with Gasteiger partial charge in [0.2, 0.25) is 0 Å². The molecule has 2 heterocycles. The number of nitrogens with zero attached hydrogens (tertiary/aromatic N) is 1. The number of hydrogen-bond acceptors (Lipinski definition) is 4. The summed E-state index contributed by atoms with van der Waals surface area (Å²) in [6, 6.07) is 6.59. The maximum Gasteiger partial charge on any atom is 0.307 e. The number of anilines is 1. The summed E-state index contributed by atoms with van der Waals surface area (Å²) in [6.45, 7) is 1.97. The number of nitrogens with two attached hydrogens (primary N) is 1. The third-order valence-electron chi connectivity index (χ3n) is 3.87. The van der Waals surface area contributed by atoms with Gasteiger partial charge < -0.3 is 20.9 Å². The molecule has 5 N–H and O–H groups in total. The van der Waals surface area contributed by atoms with Crippen molar-refractivity contribution in [1.82, 2.24) is 9.97 Å². The van der Waals surface area contributed by atoms with Crippen molar-refractivity contribution in [2.75, 3.05) is 5.73 Å². The minimum Gasteiger partial charge on any atom is -0.506 e. The third-order valence-corrected chi connectivity index (χ3v) is 4.15. The van der Waals surface area contributed by atoms with Gasteiger partial charge in [-0.05, 0) is 36.2 Å². The first-order valence-corrected chi connectivity index (χ1v) is 7.79. The summed E-state index contributed by atoms with van der Waals surface area (Å²) in [6.07, 6.45) is 0.478. The zero-order chi connectivity index (χ0) is 17.4. The second kappa shape index (κ2) is 6.05. The van der Waals surface area contributed by atoms with E-state index in [4.69, 9.17) is 22.4 Å². The number of phenolic OH excluding ortho intramolecular Hbond substituents is 1. The summed E-state index contributed by atoms with van der Waals surface area (Å²) < 4.78 is 0. The van der Waals surface area contributed by atoms with Crippen LogP contribution in [0, 0.1) is 0 Å². The fourth-order valence-corrected chi connectivity index (χ4v) is 3.07. The smallest absolute Gasteiger partial charge is 0.307 e. The Hall–Kier alpha value is -2.73. The van der Waals surface area contributed by atoms with Gasteiger partial charge in [0.15, 0.2) is 0 Å². The summed E-state index contributed by atoms with van der Waals surface area (Å²) in [5.41, 5.74) is 9.79. The van der Waals surface area contributed by atoms with E-state index in [0.29, 0.717) is 29.1 Å². The molecule has 3 rings (SSSR count). The number of aryl methyl sites for hydroxylation is 1. The second-order valence-electron chi connectivity index (χ2n) is 5.51. The van der Waals surface area contributed by atoms with E-state index in [9.17, 15) is 9.90 Å². The third kappa shape index (κ3) is 2.76. The van der Waals surface area contributed by atoms with Gasteiger partial charge in [-0.3, -0.25) is 4.79 Å². The number of benzene rings is 1. The number of hydrogen-bond donors (Lipinski definition) is 4. The Morgan fingerprint density at radius 1 is 1.38 bits per heavy atom. The molecular weight excluding hydrogens is 330 g/mol. The Labute approximate surface area is 142 Å². The molecule has 0 radical (unpaired) electrons. The summed E-state index contributed by atoms with van der Waals surface area (Å²) in [7, 11) is 0. The number of carboxylic acid groups (broad SMARTS) is 1. The fraction of sp³-hybridized carbons (Fsp3) is 0.176. The first-order valence-electron chi connectivity index (χ1n) is 7.41. The molecule has 6 nitrogen and oxygen atoms in total. The molecule has 1 aromatic carbocycles. The van der Waals surface area contributed by atoms with Crippen molar-refractivity contribution >= 4 is 34.4 Å². The number of halogens is 1. The molecule has 3 aromatic rings. The molecule has 0 amide bonds. The highest BCUT2D eigenvalue weighted by molar-refractivity contribution is 6.32. The number of H-pyrrole nitrogens is 1. The Kier molecular flexibility index (Phi) is 4.07. The predicted octanol–water partition coefficient (Wildman–Crippen LogP) is 3.36. The van der Waals surface area contributed by atoms with Crippen molar-refractivity contribution in [2.45, 2.75) is 19.8 Å². The number of nitrogen functional groups attached to an aromatic ring is 1. The Morgan fingerprint density at radius 3 is 2.79 bits per heavy atom. The molecule has 124 valence electrons. The number of nitrogens with one attached hydrogen (secondary N) is 1. The highest BCUT2D eigenvalue weighted by Gasteiger charge is 2.19. The molecule has 7 heteroatoms. The van der Waals surface area contributed by atoms with Crippen LogP contribution < -0.4 is 5.73 Å². The lowest BCUT2D eigenvalue weighted by Crippen LogP contribution is -2.00. The van der Waals surface area contributed by atoms with Crippen molar-refractivity contribution in [3.8, 4) is 17.0 Å². The normalized spacial score (nSPS) is 11.1. The van der Waals surface area contributed by atoms with E-state index in [-0.39, 0.29) is 17.2 Å². The Bertz CT molecular complexity index is 950. The number of aromatic nitrogens is 2. The van der Waals surface area contributed by atoms with Gasteiger partial charge in [0.05, 0.1) is 28.2 Å². The van der Waals surface area contributed by atoms with Gasteiger partial charge in [-0.1, -0.05) is 18.5 Å². The van der Waals surface area contributed by atoms with E-state index >= 15 is 0 Å². The second-order valence-corrected chi connectivity index (χ2v) is 5.92. The molecule has 24 heavy (non-hydrogen) atoms. The summed E-state index contributed by atoms with van der Waals surface area (Å²) >= 11 is 6.08. The van der Waals surface area contributed by atoms with E-state index in [1.165, 1.54) is 6.07 Å². The highest BCUT2D eigenvalue weighted by atomic mass is 35.5. The SMILES string of the molecule is CCc1c(-c2cc(CC(=O)O)cc(Cl)c2O)[nH]c2ccc(N)nc12. The molecule has 2 aromatic heterocycles. The van der Waals surface area contributed by atoms with Crippen molar-refractivity contribution in [2.24, 2.45) is 0 Å². The number of aromatic hydroxyl groups is 1. The van der Waals surface area contributed by atoms with Crippen molar-refractivity contribution in [3.05, 3.63) is 40.4 Å². The minimum atomic E-state index is -0.968. The fourth-order valence-electron chi connectivity index (χ4n) is 2.83. The monoisotopic (exact) mass is 345 g/mol. The summed E-state index contributed by atoms with van der Waals surface area (Å²) in [5.74, 6) is -0.658. The van der Waals surface area contributed by atoms with E-state index < -0.39 is 5.97 Å². The van der Waals surface area contributed by atoms with Crippen LogP contribution in [0.4, 0.5) is 5.82 Å². The van der Waals surface area contributed by atoms with Crippen molar-refractivity contribution in [1.29, 1.82) is 0 Å². The lowest BCUT2D eigenvalue weighted by atomic mass is 10.0. The van der Waals surface area contributed by atoms with Crippen LogP contribution in [0.5, 0.6) is 5.75 Å². The molecule has 0 spiro atoms. The van der Waals surface area contributed by atoms with Gasteiger partial charge in [-0.15, -0.1) is 0 Å². The quantitative estimate of drug-likeness (QED) is 0.579. The summed E-state index contributed by atoms with van der Waals surface area (Å²) in [4.78, 5) is 18.6. The number of fused-ring (bicyclic) bond motifs is 1. The largest absolute Gasteiger partial charge is 0.506 e. The van der Waals surface area contributed by atoms with Gasteiger partial charge in [0.1, 0.15) is 11.6 Å². The van der Waals surface area contributed by atoms with Crippen LogP contribution >= 0.6 is 11.6 Å². The Morgan fingerprint density at radius 2 is 2.12 bits per heavy atom. The number of pyridine rings is 1. The van der Waals surface area contributed by atoms with Crippen LogP contribution in [0.25, 0.3) is 22.3 Å². The molecule has 0 unspecified atom stereocenters. The van der Waals surface area contributed by atoms with Crippen LogP contribution in [-0.2, 0) is 17.6 Å². The number of aliphatic carboxylic acids is 1. The molecule has 0 bridgehead atoms. The number of carboxylic acids is 1. The average molecular weight is 346 g/mol. The zero-order valence-corrected chi connectivity index (χ0v) is 13.7. The standard InChI is InChI=1S/C17H16ClN3O3/c1-2-9-15(20-12-3-4-13(19)21-16(9)12)10-5-8(7-14(22)23)6-11(18)17(10)24/h3-6,20,24H,2,7H2,1H3,(H2,19,21)(H,22,23). The zero-order valence-electron chi connectivity index (χ0n) is 12.9. The van der Waals surface area contributed by atoms with Crippen molar-refractivity contribution in [3.63, 3.8) is 0 Å². The van der Waals surface area contributed by atoms with E-state index in [0.717, 1.165) is 16.6 Å². The van der Waals surface area contributed by atoms with Crippen molar-refractivity contribution < 1.29 is 15.0 Å². The maximum absolute atomic E-state index is 11.0. The van der Waals surface area contributed by atoms with Crippen LogP contribution in [0.15, 0.2) is 24.3 Å². The first-order chi connectivity index (χ1) is 11.4. The van der Waals surface area contributed by atoms with Gasteiger partial charge in [0, 0.05) is 11.1 Å². The first kappa shape index (κ1) is 16.1. The average Bonchev–Trinajstić information content (AvgIpc) is 2.87. The molecule has 0 fully saturated rings. The van der Waals surface area contributed by atoms with Crippen LogP contribution in [-0.4, -0.2) is 26.2 Å². The van der Waals surface area contributed by atoms with Gasteiger partial charge in [-0.25, -0.2) is 4.98 Å². The van der Waals surface area contributed by atoms with Crippen LogP contribution in [0.2, 0.25) is 5.02 Å². The number of rotatable bonds is 4. The molecule has 0 aliphatic heterocycles. The van der Waals surface area contributed by atoms with Crippen LogP contribution in [0.1, 0.15) is 18.1 Å². The molecule has 0 aliphatic carbocycles. The molecule has 0 saturated carbocycles. The van der Waals surface area contributed by atoms with Crippen LogP contribution in [0.3, 0.4) is 0 Å². The maximum atomic E-state index is 11.0. The molecule has 0 atom stereocenters. The molecule has 0 saturated heterocycles. The molecule has 0 aliphatic rings. The van der Waals surface area contributed by atoms with E-state index in [2.05, 4.69) is 9.97 Å². The number of aromatic amines is 1. The predicted molar refractivity (Wildman–Crippen MR) is 93.3 cm³/mol. The van der Waals surface area contributed by atoms with E-state index in [1.807, 2.05) is 13.0 Å². The number of carbonyl (C=O) groups is 1. The van der Waals surface area contributed by atoms with Gasteiger partial charge >= 0.3 is 5.97 Å².